The van der Waals surface area contributed by atoms with Crippen LogP contribution < -0.4 is 0 Å². The Kier molecular flexibility index (Phi) is 1.92. The minimum atomic E-state index is -4.43. The molecule has 0 saturated heterocycles. The van der Waals surface area contributed by atoms with E-state index in [4.69, 9.17) is 11.6 Å². The van der Waals surface area contributed by atoms with Crippen molar-refractivity contribution >= 4 is 22.5 Å². The third-order valence-corrected chi connectivity index (χ3v) is 2.14. The molecular formula is C8H4ClF3N2. The summed E-state index contributed by atoms with van der Waals surface area (Å²) >= 11 is 5.62. The molecule has 0 fully saturated rings. The molecule has 0 unspecified atom stereocenters. The third kappa shape index (κ3) is 1.33. The van der Waals surface area contributed by atoms with E-state index in [1.807, 2.05) is 0 Å². The van der Waals surface area contributed by atoms with Crippen molar-refractivity contribution in [2.45, 2.75) is 6.18 Å². The Morgan fingerprint density at radius 3 is 2.64 bits per heavy atom. The van der Waals surface area contributed by atoms with E-state index in [9.17, 15) is 13.2 Å². The normalized spacial score (nSPS) is 12.3. The van der Waals surface area contributed by atoms with Crippen LogP contribution in [0, 0.1) is 0 Å². The van der Waals surface area contributed by atoms with Gasteiger partial charge in [-0.25, -0.2) is 0 Å². The summed E-state index contributed by atoms with van der Waals surface area (Å²) in [5, 5.41) is 0.0175. The maximum absolute atomic E-state index is 12.5. The number of hydrogen-bond donors (Lipinski definition) is 1. The molecule has 6 heteroatoms. The quantitative estimate of drug-likeness (QED) is 0.726. The molecule has 0 bridgehead atoms. The van der Waals surface area contributed by atoms with Gasteiger partial charge < -0.3 is 4.98 Å². The van der Waals surface area contributed by atoms with Crippen LogP contribution in [0.2, 0.25) is 5.02 Å². The Morgan fingerprint density at radius 1 is 1.29 bits per heavy atom. The van der Waals surface area contributed by atoms with Crippen LogP contribution in [0.25, 0.3) is 10.9 Å². The highest BCUT2D eigenvalue weighted by Gasteiger charge is 2.34. The van der Waals surface area contributed by atoms with E-state index < -0.39 is 11.7 Å². The lowest BCUT2D eigenvalue weighted by molar-refractivity contribution is -0.136. The molecule has 0 aliphatic heterocycles. The summed E-state index contributed by atoms with van der Waals surface area (Å²) in [6, 6.07) is 0. The molecule has 0 saturated carbocycles. The number of pyridine rings is 1. The van der Waals surface area contributed by atoms with Crippen molar-refractivity contribution in [1.82, 2.24) is 9.97 Å². The van der Waals surface area contributed by atoms with Gasteiger partial charge in [-0.2, -0.15) is 13.2 Å². The molecule has 0 radical (unpaired) electrons. The number of nitrogens with one attached hydrogen (secondary N) is 1. The third-order valence-electron chi connectivity index (χ3n) is 1.84. The molecule has 1 N–H and O–H groups in total. The van der Waals surface area contributed by atoms with Crippen molar-refractivity contribution in [2.24, 2.45) is 0 Å². The molecule has 0 aromatic carbocycles. The molecule has 2 nitrogen and oxygen atoms in total. The monoisotopic (exact) mass is 220 g/mol. The number of hydrogen-bond acceptors (Lipinski definition) is 1. The van der Waals surface area contributed by atoms with Crippen LogP contribution in [-0.4, -0.2) is 9.97 Å². The van der Waals surface area contributed by atoms with Crippen molar-refractivity contribution < 1.29 is 13.2 Å². The number of H-pyrrole nitrogens is 1. The summed E-state index contributed by atoms with van der Waals surface area (Å²) in [5.74, 6) is 0. The SMILES string of the molecule is FC(F)(F)c1cncc2[nH]cc(Cl)c12. The van der Waals surface area contributed by atoms with Crippen molar-refractivity contribution in [3.8, 4) is 0 Å². The number of aromatic nitrogens is 2. The van der Waals surface area contributed by atoms with Crippen molar-refractivity contribution in [1.29, 1.82) is 0 Å². The number of aromatic amines is 1. The van der Waals surface area contributed by atoms with Gasteiger partial charge in [0, 0.05) is 17.8 Å². The second-order valence-corrected chi connectivity index (χ2v) is 3.15. The fraction of sp³-hybridized carbons (Fsp3) is 0.125. The summed E-state index contributed by atoms with van der Waals surface area (Å²) in [6.07, 6.45) is -1.06. The first-order valence-electron chi connectivity index (χ1n) is 3.68. The molecular weight excluding hydrogens is 217 g/mol. The highest BCUT2D eigenvalue weighted by atomic mass is 35.5. The molecule has 2 aromatic heterocycles. The largest absolute Gasteiger partial charge is 0.418 e. The Hall–Kier alpha value is -1.23. The van der Waals surface area contributed by atoms with Gasteiger partial charge >= 0.3 is 6.18 Å². The molecule has 0 amide bonds. The molecule has 0 aliphatic rings. The average molecular weight is 221 g/mol. The summed E-state index contributed by atoms with van der Waals surface area (Å²) in [5.41, 5.74) is -0.536. The average Bonchev–Trinajstić information content (AvgIpc) is 2.46. The number of halogens is 4. The summed E-state index contributed by atoms with van der Waals surface area (Å²) < 4.78 is 37.4. The van der Waals surface area contributed by atoms with E-state index in [1.165, 1.54) is 12.4 Å². The smallest absolute Gasteiger partial charge is 0.358 e. The lowest BCUT2D eigenvalue weighted by Crippen LogP contribution is -2.05. The van der Waals surface area contributed by atoms with Gasteiger partial charge in [-0.3, -0.25) is 4.98 Å². The van der Waals surface area contributed by atoms with Crippen LogP contribution in [0.4, 0.5) is 13.2 Å². The number of fused-ring (bicyclic) bond motifs is 1. The Labute approximate surface area is 81.7 Å². The fourth-order valence-electron chi connectivity index (χ4n) is 1.26. The predicted octanol–water partition coefficient (Wildman–Crippen LogP) is 3.24. The van der Waals surface area contributed by atoms with Gasteiger partial charge in [-0.05, 0) is 0 Å². The maximum atomic E-state index is 12.5. The zero-order valence-corrected chi connectivity index (χ0v) is 7.45. The minimum Gasteiger partial charge on any atom is -0.358 e. The Morgan fingerprint density at radius 2 is 2.00 bits per heavy atom. The topological polar surface area (TPSA) is 28.7 Å². The van der Waals surface area contributed by atoms with Crippen molar-refractivity contribution in [3.63, 3.8) is 0 Å². The molecule has 74 valence electrons. The predicted molar refractivity (Wildman–Crippen MR) is 46.1 cm³/mol. The van der Waals surface area contributed by atoms with E-state index >= 15 is 0 Å². The zero-order chi connectivity index (χ0) is 10.3. The molecule has 2 aromatic rings. The van der Waals surface area contributed by atoms with Crippen molar-refractivity contribution in [3.05, 3.63) is 29.2 Å². The first kappa shape index (κ1) is 9.33. The molecule has 2 rings (SSSR count). The first-order chi connectivity index (χ1) is 6.50. The van der Waals surface area contributed by atoms with Crippen LogP contribution in [-0.2, 0) is 6.18 Å². The number of nitrogens with zero attached hydrogens (tertiary/aromatic N) is 1. The van der Waals surface area contributed by atoms with E-state index in [0.717, 1.165) is 6.20 Å². The summed E-state index contributed by atoms with van der Waals surface area (Å²) in [4.78, 5) is 6.09. The van der Waals surface area contributed by atoms with Crippen LogP contribution >= 0.6 is 11.6 Å². The van der Waals surface area contributed by atoms with Crippen molar-refractivity contribution in [2.75, 3.05) is 0 Å². The molecule has 2 heterocycles. The van der Waals surface area contributed by atoms with E-state index in [1.54, 1.807) is 0 Å². The molecule has 0 aliphatic carbocycles. The summed E-state index contributed by atoms with van der Waals surface area (Å²) in [6.45, 7) is 0. The number of rotatable bonds is 0. The number of alkyl halides is 3. The standard InChI is InChI=1S/C8H4ClF3N2/c9-5-2-14-6-3-13-1-4(7(5)6)8(10,11)12/h1-3,14H. The van der Waals surface area contributed by atoms with Crippen LogP contribution in [0.3, 0.4) is 0 Å². The van der Waals surface area contributed by atoms with Gasteiger partial charge in [0.05, 0.1) is 22.3 Å². The van der Waals surface area contributed by atoms with E-state index in [2.05, 4.69) is 9.97 Å². The molecule has 14 heavy (non-hydrogen) atoms. The lowest BCUT2D eigenvalue weighted by Gasteiger charge is -2.06. The van der Waals surface area contributed by atoms with E-state index in [0.29, 0.717) is 0 Å². The van der Waals surface area contributed by atoms with Gasteiger partial charge in [-0.15, -0.1) is 0 Å². The highest BCUT2D eigenvalue weighted by molar-refractivity contribution is 6.35. The van der Waals surface area contributed by atoms with Gasteiger partial charge in [0.2, 0.25) is 0 Å². The lowest BCUT2D eigenvalue weighted by atomic mass is 10.2. The molecule has 0 atom stereocenters. The van der Waals surface area contributed by atoms with E-state index in [-0.39, 0.29) is 15.9 Å². The Bertz CT molecular complexity index is 475. The van der Waals surface area contributed by atoms with Gasteiger partial charge in [0.15, 0.2) is 0 Å². The fourth-order valence-corrected chi connectivity index (χ4v) is 1.51. The zero-order valence-electron chi connectivity index (χ0n) is 6.69. The van der Waals surface area contributed by atoms with Crippen LogP contribution in [0.15, 0.2) is 18.6 Å². The summed E-state index contributed by atoms with van der Waals surface area (Å²) in [7, 11) is 0. The van der Waals surface area contributed by atoms with Gasteiger partial charge in [0.1, 0.15) is 0 Å². The Balaban J connectivity index is 2.82. The first-order valence-corrected chi connectivity index (χ1v) is 4.05. The maximum Gasteiger partial charge on any atom is 0.418 e. The highest BCUT2D eigenvalue weighted by Crippen LogP contribution is 2.36. The van der Waals surface area contributed by atoms with Gasteiger partial charge in [0.25, 0.3) is 0 Å². The van der Waals surface area contributed by atoms with Gasteiger partial charge in [-0.1, -0.05) is 11.6 Å². The second-order valence-electron chi connectivity index (χ2n) is 2.74. The molecule has 0 spiro atoms. The van der Waals surface area contributed by atoms with Crippen LogP contribution in [0.1, 0.15) is 5.56 Å². The van der Waals surface area contributed by atoms with Crippen LogP contribution in [0.5, 0.6) is 0 Å². The minimum absolute atomic E-state index is 0.0332. The second kappa shape index (κ2) is 2.88.